The Morgan fingerprint density at radius 2 is 1.92 bits per heavy atom. The van der Waals surface area contributed by atoms with E-state index in [4.69, 9.17) is 4.74 Å². The Bertz CT molecular complexity index is 384. The zero-order chi connectivity index (χ0) is 9.26. The van der Waals surface area contributed by atoms with Crippen molar-refractivity contribution in [1.29, 1.82) is 0 Å². The lowest BCUT2D eigenvalue weighted by Crippen LogP contribution is -1.87. The Morgan fingerprint density at radius 1 is 1.08 bits per heavy atom. The molecule has 0 atom stereocenters. The van der Waals surface area contributed by atoms with E-state index in [1.165, 1.54) is 0 Å². The summed E-state index contributed by atoms with van der Waals surface area (Å²) < 4.78 is 7.54. The van der Waals surface area contributed by atoms with E-state index in [0.717, 1.165) is 20.5 Å². The molecule has 2 aliphatic heterocycles. The number of allylic oxidation sites excluding steroid dienone is 8. The molecule has 0 spiro atoms. The molecule has 0 N–H and O–H groups in total. The quantitative estimate of drug-likeness (QED) is 0.659. The molecule has 0 aliphatic carbocycles. The van der Waals surface area contributed by atoms with Crippen LogP contribution in [-0.4, -0.2) is 0 Å². The molecule has 0 saturated carbocycles. The zero-order valence-electron chi connectivity index (χ0n) is 6.63. The molecule has 0 unspecified atom stereocenters. The largest absolute Gasteiger partial charge is 0.456 e. The fraction of sp³-hybridized carbons (Fsp3) is 0. The van der Waals surface area contributed by atoms with E-state index in [9.17, 15) is 0 Å². The van der Waals surface area contributed by atoms with Crippen LogP contribution >= 0.6 is 31.9 Å². The highest BCUT2D eigenvalue weighted by Gasteiger charge is 2.10. The van der Waals surface area contributed by atoms with E-state index in [-0.39, 0.29) is 0 Å². The average molecular weight is 302 g/mol. The first-order valence-electron chi connectivity index (χ1n) is 3.77. The number of rotatable bonds is 0. The van der Waals surface area contributed by atoms with E-state index in [1.807, 2.05) is 36.5 Å². The number of hydrogen-bond donors (Lipinski definition) is 0. The standard InChI is InChI=1S/C10H6Br2O/c11-7-4-5-8-2-1-3-9(12)10(6-7)13-8/h1-6H. The maximum Gasteiger partial charge on any atom is 0.142 e. The van der Waals surface area contributed by atoms with Crippen LogP contribution in [0.3, 0.4) is 0 Å². The van der Waals surface area contributed by atoms with Gasteiger partial charge in [-0.15, -0.1) is 0 Å². The molecule has 0 aromatic rings. The van der Waals surface area contributed by atoms with Crippen molar-refractivity contribution < 1.29 is 4.74 Å². The highest BCUT2D eigenvalue weighted by Crippen LogP contribution is 2.29. The Morgan fingerprint density at radius 3 is 2.77 bits per heavy atom. The van der Waals surface area contributed by atoms with E-state index in [1.54, 1.807) is 0 Å². The summed E-state index contributed by atoms with van der Waals surface area (Å²) in [6.45, 7) is 0. The average Bonchev–Trinajstić information content (AvgIpc) is 2.37. The molecule has 3 heteroatoms. The molecule has 0 amide bonds. The van der Waals surface area contributed by atoms with Crippen LogP contribution in [0.1, 0.15) is 0 Å². The summed E-state index contributed by atoms with van der Waals surface area (Å²) in [6.07, 6.45) is 11.6. The second kappa shape index (κ2) is 3.68. The van der Waals surface area contributed by atoms with Crippen LogP contribution in [0, 0.1) is 0 Å². The molecule has 66 valence electrons. The van der Waals surface area contributed by atoms with Gasteiger partial charge in [0.15, 0.2) is 0 Å². The lowest BCUT2D eigenvalue weighted by atomic mass is 10.3. The van der Waals surface area contributed by atoms with Crippen molar-refractivity contribution in [1.82, 2.24) is 0 Å². The Hall–Kier alpha value is -0.540. The van der Waals surface area contributed by atoms with Crippen molar-refractivity contribution in [3.8, 4) is 0 Å². The maximum atomic E-state index is 5.59. The van der Waals surface area contributed by atoms with Crippen LogP contribution in [0.15, 0.2) is 56.9 Å². The van der Waals surface area contributed by atoms with Crippen LogP contribution in [0.25, 0.3) is 0 Å². The van der Waals surface area contributed by atoms with Crippen molar-refractivity contribution in [2.45, 2.75) is 0 Å². The number of fused-ring (bicyclic) bond motifs is 2. The topological polar surface area (TPSA) is 9.23 Å². The van der Waals surface area contributed by atoms with Gasteiger partial charge in [-0.3, -0.25) is 0 Å². The van der Waals surface area contributed by atoms with E-state index < -0.39 is 0 Å². The van der Waals surface area contributed by atoms with Crippen molar-refractivity contribution in [3.63, 3.8) is 0 Å². The van der Waals surface area contributed by atoms with Gasteiger partial charge in [-0.05, 0) is 46.3 Å². The fourth-order valence-electron chi connectivity index (χ4n) is 1.04. The summed E-state index contributed by atoms with van der Waals surface area (Å²) in [7, 11) is 0. The Kier molecular flexibility index (Phi) is 2.56. The third-order valence-electron chi connectivity index (χ3n) is 1.64. The highest BCUT2D eigenvalue weighted by atomic mass is 79.9. The van der Waals surface area contributed by atoms with Crippen LogP contribution in [-0.2, 0) is 4.74 Å². The van der Waals surface area contributed by atoms with Gasteiger partial charge in [0.05, 0.1) is 4.48 Å². The van der Waals surface area contributed by atoms with Crippen LogP contribution in [0.2, 0.25) is 0 Å². The normalized spacial score (nSPS) is 20.2. The fourth-order valence-corrected chi connectivity index (χ4v) is 1.73. The first kappa shape index (κ1) is 9.03. The number of ether oxygens (including phenoxy) is 1. The van der Waals surface area contributed by atoms with Crippen LogP contribution < -0.4 is 0 Å². The maximum absolute atomic E-state index is 5.59. The Balaban J connectivity index is 2.52. The Labute approximate surface area is 93.4 Å². The number of halogens is 2. The molecule has 0 saturated heterocycles. The smallest absolute Gasteiger partial charge is 0.142 e. The van der Waals surface area contributed by atoms with Crippen molar-refractivity contribution in [2.24, 2.45) is 0 Å². The number of hydrogen-bond acceptors (Lipinski definition) is 1. The third kappa shape index (κ3) is 2.03. The molecule has 2 aliphatic rings. The first-order valence-corrected chi connectivity index (χ1v) is 5.35. The first-order chi connectivity index (χ1) is 6.25. The molecule has 2 heterocycles. The van der Waals surface area contributed by atoms with Gasteiger partial charge in [0.1, 0.15) is 11.5 Å². The highest BCUT2D eigenvalue weighted by molar-refractivity contribution is 9.12. The molecule has 2 bridgehead atoms. The molecule has 13 heavy (non-hydrogen) atoms. The van der Waals surface area contributed by atoms with Crippen LogP contribution in [0.4, 0.5) is 0 Å². The predicted octanol–water partition coefficient (Wildman–Crippen LogP) is 3.91. The molecule has 0 aromatic heterocycles. The van der Waals surface area contributed by atoms with Crippen molar-refractivity contribution >= 4 is 31.9 Å². The third-order valence-corrected chi connectivity index (χ3v) is 2.79. The second-order valence-electron chi connectivity index (χ2n) is 2.60. The summed E-state index contributed by atoms with van der Waals surface area (Å²) in [5.41, 5.74) is 0. The van der Waals surface area contributed by atoms with Gasteiger partial charge in [0, 0.05) is 4.48 Å². The van der Waals surface area contributed by atoms with Gasteiger partial charge in [-0.1, -0.05) is 22.0 Å². The predicted molar refractivity (Wildman–Crippen MR) is 60.4 cm³/mol. The molecule has 0 radical (unpaired) electrons. The van der Waals surface area contributed by atoms with Gasteiger partial charge in [0.2, 0.25) is 0 Å². The van der Waals surface area contributed by atoms with E-state index >= 15 is 0 Å². The van der Waals surface area contributed by atoms with Gasteiger partial charge in [0.25, 0.3) is 0 Å². The minimum Gasteiger partial charge on any atom is -0.456 e. The molecule has 1 nitrogen and oxygen atoms in total. The van der Waals surface area contributed by atoms with Crippen molar-refractivity contribution in [3.05, 3.63) is 56.9 Å². The monoisotopic (exact) mass is 300 g/mol. The van der Waals surface area contributed by atoms with Crippen molar-refractivity contribution in [2.75, 3.05) is 0 Å². The van der Waals surface area contributed by atoms with Gasteiger partial charge in [-0.25, -0.2) is 0 Å². The molecular weight excluding hydrogens is 296 g/mol. The minimum absolute atomic E-state index is 0.817. The summed E-state index contributed by atoms with van der Waals surface area (Å²) >= 11 is 6.85. The molecule has 0 fully saturated rings. The lowest BCUT2D eigenvalue weighted by molar-refractivity contribution is 0.337. The minimum atomic E-state index is 0.817. The summed E-state index contributed by atoms with van der Waals surface area (Å²) in [5, 5.41) is 0. The molecule has 0 aromatic carbocycles. The summed E-state index contributed by atoms with van der Waals surface area (Å²) in [5.74, 6) is 1.66. The van der Waals surface area contributed by atoms with Crippen LogP contribution in [0.5, 0.6) is 0 Å². The second-order valence-corrected chi connectivity index (χ2v) is 4.37. The summed E-state index contributed by atoms with van der Waals surface area (Å²) in [4.78, 5) is 0. The van der Waals surface area contributed by atoms with E-state index in [0.29, 0.717) is 0 Å². The molecular formula is C10H6Br2O. The summed E-state index contributed by atoms with van der Waals surface area (Å²) in [6, 6.07) is 0. The lowest BCUT2D eigenvalue weighted by Gasteiger charge is -2.05. The van der Waals surface area contributed by atoms with Gasteiger partial charge >= 0.3 is 0 Å². The van der Waals surface area contributed by atoms with Gasteiger partial charge in [-0.2, -0.15) is 0 Å². The zero-order valence-corrected chi connectivity index (χ0v) is 9.80. The van der Waals surface area contributed by atoms with E-state index in [2.05, 4.69) is 31.9 Å². The SMILES string of the molecule is BrC1=CC=C2C=CC=C(Br)C(=C1)O2. The molecule has 2 rings (SSSR count). The van der Waals surface area contributed by atoms with Gasteiger partial charge < -0.3 is 4.74 Å².